The Morgan fingerprint density at radius 1 is 1.12 bits per heavy atom. The maximum Gasteiger partial charge on any atom is 0.338 e. The van der Waals surface area contributed by atoms with E-state index in [1.165, 1.54) is 68.8 Å². The highest BCUT2D eigenvalue weighted by atomic mass is 35.5. The highest BCUT2D eigenvalue weighted by Gasteiger charge is 2.23. The second-order valence-electron chi connectivity index (χ2n) is 7.91. The number of hydrogen-bond donors (Lipinski definition) is 1. The molecule has 0 bridgehead atoms. The largest absolute Gasteiger partial charge is 0.497 e. The van der Waals surface area contributed by atoms with E-state index in [0.29, 0.717) is 29.6 Å². The number of unbranched alkanes of at least 4 members (excludes halogenated alkanes) is 9. The van der Waals surface area contributed by atoms with E-state index in [4.69, 9.17) is 27.6 Å². The van der Waals surface area contributed by atoms with E-state index >= 15 is 0 Å². The molecule has 1 aliphatic heterocycles. The molecule has 6 nitrogen and oxygen atoms in total. The number of carbonyl (C=O) groups is 2. The number of hydrogen-bond acceptors (Lipinski definition) is 5. The summed E-state index contributed by atoms with van der Waals surface area (Å²) < 4.78 is 10.7. The standard InChI is InChI=1S/C25H33ClN2O4S/c1-3-4-5-6-7-8-9-10-11-12-15-31-24(30)19-13-14-20(26)21(18-19)28-23(29)22(27-2)25-32-16-17-33-25/h13-14,18H,3-12,15-17H2,1H3,(H,28,29)/b25-22-. The van der Waals surface area contributed by atoms with Crippen LogP contribution in [0.1, 0.15) is 81.5 Å². The Hall–Kier alpha value is -2.17. The van der Waals surface area contributed by atoms with Crippen LogP contribution < -0.4 is 5.32 Å². The smallest absolute Gasteiger partial charge is 0.338 e. The minimum atomic E-state index is -0.618. The molecular weight excluding hydrogens is 460 g/mol. The average molecular weight is 493 g/mol. The van der Waals surface area contributed by atoms with Gasteiger partial charge in [0.1, 0.15) is 0 Å². The summed E-state index contributed by atoms with van der Waals surface area (Å²) in [6.07, 6.45) is 12.1. The molecule has 0 aliphatic carbocycles. The lowest BCUT2D eigenvalue weighted by molar-refractivity contribution is -0.112. The predicted octanol–water partition coefficient (Wildman–Crippen LogP) is 7.21. The summed E-state index contributed by atoms with van der Waals surface area (Å²) in [5.41, 5.74) is 0.424. The van der Waals surface area contributed by atoms with Gasteiger partial charge in [0.05, 0.1) is 36.1 Å². The Balaban J connectivity index is 1.74. The number of thioether (sulfide) groups is 1. The molecule has 1 aromatic rings. The molecule has 1 fully saturated rings. The number of esters is 1. The number of nitrogens with one attached hydrogen (secondary N) is 1. The van der Waals surface area contributed by atoms with E-state index in [-0.39, 0.29) is 16.4 Å². The topological polar surface area (TPSA) is 69.0 Å². The van der Waals surface area contributed by atoms with Gasteiger partial charge in [0.25, 0.3) is 11.6 Å². The minimum absolute atomic E-state index is 0.123. The van der Waals surface area contributed by atoms with Gasteiger partial charge in [-0.2, -0.15) is 0 Å². The van der Waals surface area contributed by atoms with Crippen molar-refractivity contribution in [3.05, 3.63) is 51.0 Å². The SMILES string of the molecule is [C-]#[N+]/C(C(=O)Nc1cc(C(=O)OCCCCCCCCCCCC)ccc1Cl)=C1/OCCS1. The molecule has 33 heavy (non-hydrogen) atoms. The number of amides is 1. The van der Waals surface area contributed by atoms with Gasteiger partial charge in [-0.25, -0.2) is 9.64 Å². The Bertz CT molecular complexity index is 858. The molecule has 0 radical (unpaired) electrons. The fourth-order valence-electron chi connectivity index (χ4n) is 3.40. The van der Waals surface area contributed by atoms with Crippen molar-refractivity contribution in [2.24, 2.45) is 0 Å². The number of rotatable bonds is 14. The number of benzene rings is 1. The van der Waals surface area contributed by atoms with Crippen molar-refractivity contribution < 1.29 is 19.1 Å². The molecule has 0 unspecified atom stereocenters. The van der Waals surface area contributed by atoms with E-state index in [9.17, 15) is 9.59 Å². The van der Waals surface area contributed by atoms with E-state index < -0.39 is 11.9 Å². The lowest BCUT2D eigenvalue weighted by Gasteiger charge is -2.10. The number of ether oxygens (including phenoxy) is 2. The normalized spacial score (nSPS) is 14.3. The maximum atomic E-state index is 12.5. The fraction of sp³-hybridized carbons (Fsp3) is 0.560. The highest BCUT2D eigenvalue weighted by molar-refractivity contribution is 8.03. The summed E-state index contributed by atoms with van der Waals surface area (Å²) in [6.45, 7) is 10.3. The van der Waals surface area contributed by atoms with Crippen LogP contribution in [0.2, 0.25) is 5.02 Å². The van der Waals surface area contributed by atoms with Gasteiger partial charge in [-0.3, -0.25) is 4.79 Å². The van der Waals surface area contributed by atoms with Gasteiger partial charge >= 0.3 is 5.97 Å². The minimum Gasteiger partial charge on any atom is -0.497 e. The lowest BCUT2D eigenvalue weighted by atomic mass is 10.1. The van der Waals surface area contributed by atoms with Gasteiger partial charge in [-0.1, -0.05) is 88.1 Å². The monoisotopic (exact) mass is 492 g/mol. The first-order chi connectivity index (χ1) is 16.1. The first-order valence-corrected chi connectivity index (χ1v) is 13.1. The van der Waals surface area contributed by atoms with Gasteiger partial charge in [-0.05, 0) is 24.6 Å². The molecule has 1 saturated heterocycles. The third kappa shape index (κ3) is 9.69. The molecule has 180 valence electrons. The van der Waals surface area contributed by atoms with Gasteiger partial charge in [0.2, 0.25) is 0 Å². The Labute approximate surface area is 206 Å². The summed E-state index contributed by atoms with van der Waals surface area (Å²) in [5.74, 6) is -0.383. The van der Waals surface area contributed by atoms with Crippen molar-refractivity contribution in [2.45, 2.75) is 71.1 Å². The van der Waals surface area contributed by atoms with Gasteiger partial charge in [-0.15, -0.1) is 0 Å². The average Bonchev–Trinajstić information content (AvgIpc) is 3.33. The second-order valence-corrected chi connectivity index (χ2v) is 9.39. The molecule has 0 saturated carbocycles. The van der Waals surface area contributed by atoms with Crippen LogP contribution in [-0.4, -0.2) is 30.8 Å². The predicted molar refractivity (Wildman–Crippen MR) is 134 cm³/mol. The zero-order chi connectivity index (χ0) is 23.9. The molecule has 1 N–H and O–H groups in total. The third-order valence-electron chi connectivity index (χ3n) is 5.25. The summed E-state index contributed by atoms with van der Waals surface area (Å²) in [4.78, 5) is 28.2. The van der Waals surface area contributed by atoms with Crippen LogP contribution >= 0.6 is 23.4 Å². The molecule has 1 aliphatic rings. The first-order valence-electron chi connectivity index (χ1n) is 11.7. The van der Waals surface area contributed by atoms with Crippen LogP contribution in [0.5, 0.6) is 0 Å². The maximum absolute atomic E-state index is 12.5. The summed E-state index contributed by atoms with van der Waals surface area (Å²) in [7, 11) is 0. The van der Waals surface area contributed by atoms with E-state index in [1.807, 2.05) is 0 Å². The molecule has 1 amide bonds. The summed E-state index contributed by atoms with van der Waals surface area (Å²) >= 11 is 7.50. The van der Waals surface area contributed by atoms with Crippen molar-refractivity contribution in [3.8, 4) is 0 Å². The first kappa shape index (κ1) is 27.1. The zero-order valence-corrected chi connectivity index (χ0v) is 20.9. The zero-order valence-electron chi connectivity index (χ0n) is 19.3. The highest BCUT2D eigenvalue weighted by Crippen LogP contribution is 2.30. The van der Waals surface area contributed by atoms with Crippen molar-refractivity contribution in [3.63, 3.8) is 0 Å². The molecule has 1 aromatic carbocycles. The number of halogens is 1. The van der Waals surface area contributed by atoms with Gasteiger partial charge in [0.15, 0.2) is 5.09 Å². The van der Waals surface area contributed by atoms with Crippen molar-refractivity contribution in [1.82, 2.24) is 0 Å². The fourth-order valence-corrected chi connectivity index (χ4v) is 4.36. The van der Waals surface area contributed by atoms with Crippen LogP contribution in [-0.2, 0) is 14.3 Å². The van der Waals surface area contributed by atoms with Gasteiger partial charge < -0.3 is 14.8 Å². The van der Waals surface area contributed by atoms with Crippen molar-refractivity contribution >= 4 is 40.9 Å². The molecule has 1 heterocycles. The molecule has 0 spiro atoms. The molecule has 8 heteroatoms. The van der Waals surface area contributed by atoms with Crippen LogP contribution in [0.4, 0.5) is 5.69 Å². The van der Waals surface area contributed by atoms with Crippen molar-refractivity contribution in [2.75, 3.05) is 24.3 Å². The Morgan fingerprint density at radius 2 is 1.79 bits per heavy atom. The van der Waals surface area contributed by atoms with E-state index in [0.717, 1.165) is 19.3 Å². The molecule has 2 rings (SSSR count). The van der Waals surface area contributed by atoms with Crippen LogP contribution in [0.25, 0.3) is 4.85 Å². The van der Waals surface area contributed by atoms with Crippen LogP contribution in [0.3, 0.4) is 0 Å². The second kappa shape index (κ2) is 15.6. The summed E-state index contributed by atoms with van der Waals surface area (Å²) in [5, 5.41) is 3.18. The summed E-state index contributed by atoms with van der Waals surface area (Å²) in [6, 6.07) is 4.55. The third-order valence-corrected chi connectivity index (χ3v) is 6.52. The number of nitrogens with zero attached hydrogens (tertiary/aromatic N) is 1. The van der Waals surface area contributed by atoms with Crippen LogP contribution in [0, 0.1) is 6.57 Å². The number of carbonyl (C=O) groups excluding carboxylic acids is 2. The van der Waals surface area contributed by atoms with E-state index in [1.54, 1.807) is 6.07 Å². The Morgan fingerprint density at radius 3 is 2.39 bits per heavy atom. The van der Waals surface area contributed by atoms with E-state index in [2.05, 4.69) is 17.1 Å². The number of anilines is 1. The van der Waals surface area contributed by atoms with Crippen molar-refractivity contribution in [1.29, 1.82) is 0 Å². The molecule has 0 atom stereocenters. The Kier molecular flexibility index (Phi) is 12.8. The molecule has 0 aromatic heterocycles. The lowest BCUT2D eigenvalue weighted by Crippen LogP contribution is -2.15. The van der Waals surface area contributed by atoms with Gasteiger partial charge in [0, 0.05) is 5.75 Å². The van der Waals surface area contributed by atoms with Crippen LogP contribution in [0.15, 0.2) is 29.0 Å². The molecular formula is C25H33ClN2O4S. The quantitative estimate of drug-likeness (QED) is 0.128.